The van der Waals surface area contributed by atoms with Gasteiger partial charge < -0.3 is 16.0 Å². The van der Waals surface area contributed by atoms with E-state index in [1.165, 1.54) is 16.5 Å². The number of nitrogens with one attached hydrogen (secondary N) is 1. The number of rotatable bonds is 2. The zero-order chi connectivity index (χ0) is 15.6. The Morgan fingerprint density at radius 2 is 1.78 bits per heavy atom. The fourth-order valence-corrected chi connectivity index (χ4v) is 3.06. The van der Waals surface area contributed by atoms with Gasteiger partial charge in [0.2, 0.25) is 0 Å². The summed E-state index contributed by atoms with van der Waals surface area (Å²) in [4.78, 5) is 2.22. The molecule has 0 saturated heterocycles. The Labute approximate surface area is 136 Å². The maximum Gasteiger partial charge on any atom is 0.0694 e. The van der Waals surface area contributed by atoms with E-state index in [1.807, 2.05) is 0 Å². The lowest BCUT2D eigenvalue weighted by Crippen LogP contribution is -2.09. The largest absolute Gasteiger partial charge is 0.379 e. The Bertz CT molecular complexity index is 866. The molecule has 0 amide bonds. The standard InChI is InChI=1S/C20H19N3/c21-14-15-6-9-17(10-7-15)23-13-3-12-22-20-18-5-2-1-4-16(18)8-11-19(20)23/h1-11,13,22H,12,14,21H2. The Kier molecular flexibility index (Phi) is 3.48. The minimum absolute atomic E-state index is 0.568. The predicted molar refractivity (Wildman–Crippen MR) is 98.1 cm³/mol. The maximum atomic E-state index is 5.70. The van der Waals surface area contributed by atoms with Gasteiger partial charge in [0.15, 0.2) is 0 Å². The summed E-state index contributed by atoms with van der Waals surface area (Å²) >= 11 is 0. The number of fused-ring (bicyclic) bond motifs is 3. The zero-order valence-electron chi connectivity index (χ0n) is 12.9. The number of benzene rings is 3. The van der Waals surface area contributed by atoms with Gasteiger partial charge in [-0.2, -0.15) is 0 Å². The molecule has 0 radical (unpaired) electrons. The van der Waals surface area contributed by atoms with Crippen LogP contribution in [0.5, 0.6) is 0 Å². The molecule has 0 spiro atoms. The van der Waals surface area contributed by atoms with Crippen LogP contribution in [0.25, 0.3) is 10.8 Å². The van der Waals surface area contributed by atoms with Crippen molar-refractivity contribution in [2.24, 2.45) is 5.73 Å². The molecule has 3 N–H and O–H groups in total. The van der Waals surface area contributed by atoms with E-state index in [-0.39, 0.29) is 0 Å². The number of nitrogens with two attached hydrogens (primary N) is 1. The van der Waals surface area contributed by atoms with Crippen LogP contribution in [0.3, 0.4) is 0 Å². The number of hydrogen-bond donors (Lipinski definition) is 2. The molecule has 3 heteroatoms. The van der Waals surface area contributed by atoms with Gasteiger partial charge in [-0.1, -0.05) is 42.5 Å². The second-order valence-electron chi connectivity index (χ2n) is 5.69. The first-order chi connectivity index (χ1) is 11.4. The van der Waals surface area contributed by atoms with Crippen LogP contribution in [-0.2, 0) is 6.54 Å². The quantitative estimate of drug-likeness (QED) is 0.738. The normalized spacial score (nSPS) is 13.5. The van der Waals surface area contributed by atoms with Crippen molar-refractivity contribution in [3.63, 3.8) is 0 Å². The van der Waals surface area contributed by atoms with E-state index in [1.54, 1.807) is 0 Å². The first-order valence-corrected chi connectivity index (χ1v) is 7.87. The molecule has 3 nitrogen and oxygen atoms in total. The Balaban J connectivity index is 1.87. The van der Waals surface area contributed by atoms with E-state index < -0.39 is 0 Å². The van der Waals surface area contributed by atoms with Crippen LogP contribution in [0.15, 0.2) is 72.9 Å². The average Bonchev–Trinajstić information content (AvgIpc) is 2.84. The SMILES string of the molecule is NCc1ccc(N2C=CCNc3c2ccc2ccccc32)cc1. The van der Waals surface area contributed by atoms with E-state index in [0.717, 1.165) is 23.5 Å². The molecule has 0 unspecified atom stereocenters. The first kappa shape index (κ1) is 13.9. The molecule has 0 aliphatic carbocycles. The summed E-state index contributed by atoms with van der Waals surface area (Å²) in [5, 5.41) is 6.04. The minimum atomic E-state index is 0.568. The molecule has 0 atom stereocenters. The lowest BCUT2D eigenvalue weighted by atomic mass is 10.1. The van der Waals surface area contributed by atoms with Crippen LogP contribution in [0.2, 0.25) is 0 Å². The molecule has 4 rings (SSSR count). The predicted octanol–water partition coefficient (Wildman–Crippen LogP) is 4.38. The van der Waals surface area contributed by atoms with Gasteiger partial charge in [0.1, 0.15) is 0 Å². The monoisotopic (exact) mass is 301 g/mol. The molecule has 3 aromatic rings. The van der Waals surface area contributed by atoms with Crippen molar-refractivity contribution in [3.05, 3.63) is 78.5 Å². The van der Waals surface area contributed by atoms with Crippen molar-refractivity contribution < 1.29 is 0 Å². The molecule has 1 aliphatic heterocycles. The molecule has 23 heavy (non-hydrogen) atoms. The number of nitrogens with zero attached hydrogens (tertiary/aromatic N) is 1. The molecule has 1 heterocycles. The van der Waals surface area contributed by atoms with E-state index in [2.05, 4.69) is 83.2 Å². The maximum absolute atomic E-state index is 5.70. The zero-order valence-corrected chi connectivity index (χ0v) is 12.9. The summed E-state index contributed by atoms with van der Waals surface area (Å²) in [6.07, 6.45) is 4.27. The second kappa shape index (κ2) is 5.78. The third-order valence-electron chi connectivity index (χ3n) is 4.27. The van der Waals surface area contributed by atoms with E-state index in [4.69, 9.17) is 5.73 Å². The van der Waals surface area contributed by atoms with Crippen LogP contribution >= 0.6 is 0 Å². The van der Waals surface area contributed by atoms with E-state index >= 15 is 0 Å². The van der Waals surface area contributed by atoms with E-state index in [9.17, 15) is 0 Å². The molecular formula is C20H19N3. The molecule has 0 saturated carbocycles. The number of hydrogen-bond acceptors (Lipinski definition) is 3. The van der Waals surface area contributed by atoms with Crippen LogP contribution in [0.4, 0.5) is 17.1 Å². The van der Waals surface area contributed by atoms with Crippen molar-refractivity contribution >= 4 is 27.8 Å². The van der Waals surface area contributed by atoms with Crippen LogP contribution in [0, 0.1) is 0 Å². The van der Waals surface area contributed by atoms with Gasteiger partial charge in [0, 0.05) is 30.4 Å². The van der Waals surface area contributed by atoms with Crippen molar-refractivity contribution in [2.45, 2.75) is 6.54 Å². The minimum Gasteiger partial charge on any atom is -0.379 e. The molecule has 3 aromatic carbocycles. The molecule has 0 fully saturated rings. The third kappa shape index (κ3) is 2.45. The van der Waals surface area contributed by atoms with Gasteiger partial charge in [-0.25, -0.2) is 0 Å². The third-order valence-corrected chi connectivity index (χ3v) is 4.27. The topological polar surface area (TPSA) is 41.3 Å². The second-order valence-corrected chi connectivity index (χ2v) is 5.69. The first-order valence-electron chi connectivity index (χ1n) is 7.87. The summed E-state index contributed by atoms with van der Waals surface area (Å²) in [5.41, 5.74) is 10.3. The molecule has 0 bridgehead atoms. The highest BCUT2D eigenvalue weighted by Gasteiger charge is 2.15. The fourth-order valence-electron chi connectivity index (χ4n) is 3.06. The summed E-state index contributed by atoms with van der Waals surface area (Å²) in [6.45, 7) is 1.39. The smallest absolute Gasteiger partial charge is 0.0694 e. The molecule has 0 aromatic heterocycles. The fraction of sp³-hybridized carbons (Fsp3) is 0.100. The van der Waals surface area contributed by atoms with E-state index in [0.29, 0.717) is 6.54 Å². The van der Waals surface area contributed by atoms with Crippen LogP contribution in [0.1, 0.15) is 5.56 Å². The van der Waals surface area contributed by atoms with Gasteiger partial charge in [-0.05, 0) is 35.2 Å². The summed E-state index contributed by atoms with van der Waals surface area (Å²) < 4.78 is 0. The van der Waals surface area contributed by atoms with Crippen LogP contribution in [-0.4, -0.2) is 6.54 Å². The highest BCUT2D eigenvalue weighted by molar-refractivity contribution is 6.02. The van der Waals surface area contributed by atoms with Crippen molar-refractivity contribution in [1.29, 1.82) is 0 Å². The van der Waals surface area contributed by atoms with Crippen molar-refractivity contribution in [2.75, 3.05) is 16.8 Å². The summed E-state index contributed by atoms with van der Waals surface area (Å²) in [7, 11) is 0. The molecular weight excluding hydrogens is 282 g/mol. The lowest BCUT2D eigenvalue weighted by molar-refractivity contribution is 1.07. The average molecular weight is 301 g/mol. The van der Waals surface area contributed by atoms with Crippen molar-refractivity contribution in [3.8, 4) is 0 Å². The van der Waals surface area contributed by atoms with Gasteiger partial charge in [-0.15, -0.1) is 0 Å². The Morgan fingerprint density at radius 3 is 2.61 bits per heavy atom. The number of anilines is 3. The van der Waals surface area contributed by atoms with Gasteiger partial charge in [-0.3, -0.25) is 0 Å². The lowest BCUT2D eigenvalue weighted by Gasteiger charge is -2.23. The molecule has 1 aliphatic rings. The highest BCUT2D eigenvalue weighted by Crippen LogP contribution is 2.38. The summed E-state index contributed by atoms with van der Waals surface area (Å²) in [6, 6.07) is 21.2. The molecule has 114 valence electrons. The Morgan fingerprint density at radius 1 is 0.957 bits per heavy atom. The van der Waals surface area contributed by atoms with Gasteiger partial charge >= 0.3 is 0 Å². The van der Waals surface area contributed by atoms with Gasteiger partial charge in [0.25, 0.3) is 0 Å². The van der Waals surface area contributed by atoms with Gasteiger partial charge in [0.05, 0.1) is 11.4 Å². The Hall–Kier alpha value is -2.78. The highest BCUT2D eigenvalue weighted by atomic mass is 15.1. The van der Waals surface area contributed by atoms with Crippen LogP contribution < -0.4 is 16.0 Å². The van der Waals surface area contributed by atoms with Crippen molar-refractivity contribution in [1.82, 2.24) is 0 Å². The summed E-state index contributed by atoms with van der Waals surface area (Å²) in [5.74, 6) is 0.